The Kier molecular flexibility index (Phi) is 4.27. The zero-order valence-corrected chi connectivity index (χ0v) is 12.8. The number of benzene rings is 2. The van der Waals surface area contributed by atoms with Crippen molar-refractivity contribution in [1.82, 2.24) is 0 Å². The molecule has 0 atom stereocenters. The van der Waals surface area contributed by atoms with Crippen LogP contribution in [0.25, 0.3) is 0 Å². The molecule has 0 aliphatic carbocycles. The molecule has 0 aliphatic heterocycles. The largest absolute Gasteiger partial charge is 0.355 e. The number of anilines is 2. The number of hydrogen-bond donors (Lipinski definition) is 1. The van der Waals surface area contributed by atoms with Crippen LogP contribution in [0.4, 0.5) is 11.4 Å². The van der Waals surface area contributed by atoms with Gasteiger partial charge < -0.3 is 5.32 Å². The van der Waals surface area contributed by atoms with Crippen molar-refractivity contribution in [1.29, 1.82) is 0 Å². The number of rotatable bonds is 4. The lowest BCUT2D eigenvalue weighted by atomic mass is 10.2. The molecule has 2 aromatic carbocycles. The lowest BCUT2D eigenvalue weighted by Gasteiger charge is -2.10. The molecule has 0 heterocycles. The summed E-state index contributed by atoms with van der Waals surface area (Å²) < 4.78 is 23.4. The SMILES string of the molecule is CS(=O)(=O)Cc1ccc(Nc2ccccc2)c(Br)c1. The van der Waals surface area contributed by atoms with Crippen LogP contribution in [0.15, 0.2) is 53.0 Å². The summed E-state index contributed by atoms with van der Waals surface area (Å²) in [4.78, 5) is 0. The second-order valence-electron chi connectivity index (χ2n) is 4.38. The molecule has 0 saturated heterocycles. The lowest BCUT2D eigenvalue weighted by molar-refractivity contribution is 0.601. The van der Waals surface area contributed by atoms with E-state index in [1.165, 1.54) is 6.26 Å². The molecule has 0 aromatic heterocycles. The molecule has 100 valence electrons. The Morgan fingerprint density at radius 1 is 1.11 bits per heavy atom. The van der Waals surface area contributed by atoms with Crippen LogP contribution in [0, 0.1) is 0 Å². The number of sulfone groups is 1. The van der Waals surface area contributed by atoms with Crippen LogP contribution in [-0.4, -0.2) is 14.7 Å². The average Bonchev–Trinajstić information content (AvgIpc) is 2.32. The van der Waals surface area contributed by atoms with Crippen molar-refractivity contribution >= 4 is 37.1 Å². The van der Waals surface area contributed by atoms with Gasteiger partial charge in [0, 0.05) is 16.4 Å². The molecule has 0 radical (unpaired) electrons. The van der Waals surface area contributed by atoms with Gasteiger partial charge in [-0.2, -0.15) is 0 Å². The van der Waals surface area contributed by atoms with E-state index in [2.05, 4.69) is 21.2 Å². The Morgan fingerprint density at radius 2 is 1.79 bits per heavy atom. The smallest absolute Gasteiger partial charge is 0.151 e. The first-order valence-electron chi connectivity index (χ1n) is 5.72. The fourth-order valence-corrected chi connectivity index (χ4v) is 3.04. The van der Waals surface area contributed by atoms with Gasteiger partial charge in [-0.25, -0.2) is 8.42 Å². The average molecular weight is 340 g/mol. The van der Waals surface area contributed by atoms with Gasteiger partial charge in [0.25, 0.3) is 0 Å². The topological polar surface area (TPSA) is 46.2 Å². The van der Waals surface area contributed by atoms with Crippen LogP contribution < -0.4 is 5.32 Å². The normalized spacial score (nSPS) is 11.3. The summed E-state index contributed by atoms with van der Waals surface area (Å²) in [6.45, 7) is 0. The summed E-state index contributed by atoms with van der Waals surface area (Å²) in [6, 6.07) is 15.3. The molecule has 2 rings (SSSR count). The summed E-state index contributed by atoms with van der Waals surface area (Å²) >= 11 is 3.45. The molecule has 0 spiro atoms. The number of para-hydroxylation sites is 1. The maximum atomic E-state index is 11.3. The molecule has 0 fully saturated rings. The Balaban J connectivity index is 2.20. The third-order valence-electron chi connectivity index (χ3n) is 2.52. The van der Waals surface area contributed by atoms with Gasteiger partial charge in [0.1, 0.15) is 0 Å². The number of halogens is 1. The van der Waals surface area contributed by atoms with Crippen molar-refractivity contribution in [3.63, 3.8) is 0 Å². The summed E-state index contributed by atoms with van der Waals surface area (Å²) in [6.07, 6.45) is 1.23. The van der Waals surface area contributed by atoms with E-state index < -0.39 is 9.84 Å². The van der Waals surface area contributed by atoms with Crippen molar-refractivity contribution in [2.24, 2.45) is 0 Å². The minimum absolute atomic E-state index is 0.0528. The summed E-state index contributed by atoms with van der Waals surface area (Å²) in [5, 5.41) is 3.27. The molecule has 2 aromatic rings. The molecule has 19 heavy (non-hydrogen) atoms. The minimum atomic E-state index is -3.01. The van der Waals surface area contributed by atoms with Crippen LogP contribution in [0.5, 0.6) is 0 Å². The molecule has 3 nitrogen and oxygen atoms in total. The third kappa shape index (κ3) is 4.36. The minimum Gasteiger partial charge on any atom is -0.355 e. The van der Waals surface area contributed by atoms with Gasteiger partial charge in [0.2, 0.25) is 0 Å². The second-order valence-corrected chi connectivity index (χ2v) is 7.37. The van der Waals surface area contributed by atoms with E-state index in [0.29, 0.717) is 0 Å². The summed E-state index contributed by atoms with van der Waals surface area (Å²) in [7, 11) is -3.01. The highest BCUT2D eigenvalue weighted by molar-refractivity contribution is 9.10. The first-order valence-corrected chi connectivity index (χ1v) is 8.58. The van der Waals surface area contributed by atoms with Gasteiger partial charge in [-0.3, -0.25) is 0 Å². The van der Waals surface area contributed by atoms with E-state index in [1.807, 2.05) is 48.5 Å². The molecular formula is C14H14BrNO2S. The highest BCUT2D eigenvalue weighted by Crippen LogP contribution is 2.27. The van der Waals surface area contributed by atoms with Gasteiger partial charge in [-0.05, 0) is 45.8 Å². The third-order valence-corrected chi connectivity index (χ3v) is 4.03. The molecule has 0 unspecified atom stereocenters. The molecule has 1 N–H and O–H groups in total. The van der Waals surface area contributed by atoms with Crippen LogP contribution >= 0.6 is 15.9 Å². The van der Waals surface area contributed by atoms with E-state index in [1.54, 1.807) is 0 Å². The van der Waals surface area contributed by atoms with Gasteiger partial charge in [0.05, 0.1) is 11.4 Å². The summed E-state index contributed by atoms with van der Waals surface area (Å²) in [5.41, 5.74) is 2.66. The first-order chi connectivity index (χ1) is 8.94. The van der Waals surface area contributed by atoms with Gasteiger partial charge in [-0.1, -0.05) is 24.3 Å². The van der Waals surface area contributed by atoms with E-state index in [-0.39, 0.29) is 5.75 Å². The molecule has 0 aliphatic rings. The molecule has 0 amide bonds. The predicted octanol–water partition coefficient (Wildman–Crippen LogP) is 3.74. The van der Waals surface area contributed by atoms with Gasteiger partial charge in [0.15, 0.2) is 9.84 Å². The number of hydrogen-bond acceptors (Lipinski definition) is 3. The zero-order valence-electron chi connectivity index (χ0n) is 10.4. The van der Waals surface area contributed by atoms with Gasteiger partial charge in [-0.15, -0.1) is 0 Å². The predicted molar refractivity (Wildman–Crippen MR) is 82.4 cm³/mol. The van der Waals surface area contributed by atoms with Crippen molar-refractivity contribution in [2.75, 3.05) is 11.6 Å². The quantitative estimate of drug-likeness (QED) is 0.922. The first kappa shape index (κ1) is 14.1. The maximum absolute atomic E-state index is 11.3. The van der Waals surface area contributed by atoms with Crippen molar-refractivity contribution in [2.45, 2.75) is 5.75 Å². The molecule has 5 heteroatoms. The Bertz CT molecular complexity index is 669. The van der Waals surface area contributed by atoms with E-state index in [4.69, 9.17) is 0 Å². The second kappa shape index (κ2) is 5.75. The molecule has 0 bridgehead atoms. The lowest BCUT2D eigenvalue weighted by Crippen LogP contribution is -2.01. The van der Waals surface area contributed by atoms with Crippen molar-refractivity contribution in [3.05, 3.63) is 58.6 Å². The van der Waals surface area contributed by atoms with Crippen molar-refractivity contribution in [3.8, 4) is 0 Å². The maximum Gasteiger partial charge on any atom is 0.151 e. The highest BCUT2D eigenvalue weighted by Gasteiger charge is 2.07. The van der Waals surface area contributed by atoms with Crippen LogP contribution in [-0.2, 0) is 15.6 Å². The fourth-order valence-electron chi connectivity index (χ4n) is 1.73. The molecular weight excluding hydrogens is 326 g/mol. The van der Waals surface area contributed by atoms with E-state index >= 15 is 0 Å². The highest BCUT2D eigenvalue weighted by atomic mass is 79.9. The Labute approximate surface area is 121 Å². The Hall–Kier alpha value is -1.33. The van der Waals surface area contributed by atoms with Crippen LogP contribution in [0.3, 0.4) is 0 Å². The number of nitrogens with one attached hydrogen (secondary N) is 1. The summed E-state index contributed by atoms with van der Waals surface area (Å²) in [5.74, 6) is 0.0528. The Morgan fingerprint density at radius 3 is 2.37 bits per heavy atom. The standard InChI is InChI=1S/C14H14BrNO2S/c1-19(17,18)10-11-7-8-14(13(15)9-11)16-12-5-3-2-4-6-12/h2-9,16H,10H2,1H3. The van der Waals surface area contributed by atoms with Crippen LogP contribution in [0.2, 0.25) is 0 Å². The monoisotopic (exact) mass is 339 g/mol. The molecule has 0 saturated carbocycles. The van der Waals surface area contributed by atoms with Crippen LogP contribution in [0.1, 0.15) is 5.56 Å². The zero-order chi connectivity index (χ0) is 13.9. The van der Waals surface area contributed by atoms with Crippen molar-refractivity contribution < 1.29 is 8.42 Å². The van der Waals surface area contributed by atoms with Gasteiger partial charge >= 0.3 is 0 Å². The van der Waals surface area contributed by atoms with E-state index in [0.717, 1.165) is 21.4 Å². The fraction of sp³-hybridized carbons (Fsp3) is 0.143. The van der Waals surface area contributed by atoms with E-state index in [9.17, 15) is 8.42 Å².